The largest absolute Gasteiger partial charge is 0.508 e. The molecule has 0 aliphatic carbocycles. The van der Waals surface area contributed by atoms with Crippen LogP contribution in [0.1, 0.15) is 29.3 Å². The molecule has 2 aliphatic heterocycles. The van der Waals surface area contributed by atoms with E-state index in [2.05, 4.69) is 18.5 Å². The Kier molecular flexibility index (Phi) is 7.32. The van der Waals surface area contributed by atoms with E-state index in [-0.39, 0.29) is 30.7 Å². The van der Waals surface area contributed by atoms with Gasteiger partial charge in [-0.2, -0.15) is 0 Å². The molecule has 0 bridgehead atoms. The highest BCUT2D eigenvalue weighted by molar-refractivity contribution is 6.07. The second-order valence-corrected chi connectivity index (χ2v) is 7.55. The summed E-state index contributed by atoms with van der Waals surface area (Å²) in [5.41, 5.74) is 1.75. The molecule has 0 radical (unpaired) electrons. The quantitative estimate of drug-likeness (QED) is 0.347. The van der Waals surface area contributed by atoms with E-state index in [4.69, 9.17) is 14.2 Å². The molecule has 1 fully saturated rings. The van der Waals surface area contributed by atoms with Crippen LogP contribution in [0, 0.1) is 5.92 Å². The van der Waals surface area contributed by atoms with Gasteiger partial charge in [-0.3, -0.25) is 9.59 Å². The number of nitrogens with zero attached hydrogens (tertiary/aromatic N) is 1. The fraction of sp³-hybridized carbons (Fsp3) is 0.333. The zero-order chi connectivity index (χ0) is 24.1. The molecule has 1 aromatic rings. The fourth-order valence-corrected chi connectivity index (χ4v) is 4.08. The minimum absolute atomic E-state index is 0.00755. The third-order valence-electron chi connectivity index (χ3n) is 5.54. The Bertz CT molecular complexity index is 1030. The number of benzene rings is 1. The minimum Gasteiger partial charge on any atom is -0.457 e. The Hall–Kier alpha value is -3.88. The first-order valence-electron chi connectivity index (χ1n) is 10.4. The smallest absolute Gasteiger partial charge is 0.457 e. The topological polar surface area (TPSA) is 111 Å². The van der Waals surface area contributed by atoms with E-state index in [1.165, 1.54) is 24.1 Å². The van der Waals surface area contributed by atoms with Crippen LogP contribution in [0.2, 0.25) is 0 Å². The SMILES string of the molecule is C=CCOC(=O)O[C@H](C)[C@H]1C(=O)N2C(C(=O)OCC=C)=C(c3cccc(C(=O)NC)c3)C[C@H]12. The summed E-state index contributed by atoms with van der Waals surface area (Å²) in [5, 5.41) is 2.56. The van der Waals surface area contributed by atoms with Gasteiger partial charge >= 0.3 is 12.1 Å². The molecule has 2 aliphatic rings. The standard InChI is InChI=1S/C24H26N2O7/c1-5-10-31-23(29)20-17(15-8-7-9-16(12-15)21(27)25-4)13-18-19(22(28)26(18)20)14(3)33-24(30)32-11-6-2/h5-9,12,14,18-19H,1-2,10-11,13H2,3-4H3,(H,25,27)/t14-,18-,19-/m1/s1. The molecular formula is C24H26N2O7. The lowest BCUT2D eigenvalue weighted by Crippen LogP contribution is -2.62. The average molecular weight is 454 g/mol. The van der Waals surface area contributed by atoms with Crippen LogP contribution in [-0.4, -0.2) is 61.2 Å². The van der Waals surface area contributed by atoms with Crippen molar-refractivity contribution in [1.82, 2.24) is 10.2 Å². The normalized spacial score (nSPS) is 19.7. The molecule has 174 valence electrons. The summed E-state index contributed by atoms with van der Waals surface area (Å²) < 4.78 is 15.3. The summed E-state index contributed by atoms with van der Waals surface area (Å²) in [4.78, 5) is 51.2. The van der Waals surface area contributed by atoms with Crippen LogP contribution < -0.4 is 5.32 Å². The van der Waals surface area contributed by atoms with Gasteiger partial charge in [0.1, 0.15) is 25.0 Å². The van der Waals surface area contributed by atoms with Crippen molar-refractivity contribution in [3.05, 3.63) is 66.4 Å². The van der Waals surface area contributed by atoms with Gasteiger partial charge in [0.15, 0.2) is 0 Å². The molecule has 2 heterocycles. The van der Waals surface area contributed by atoms with Gasteiger partial charge in [0.05, 0.1) is 12.0 Å². The zero-order valence-corrected chi connectivity index (χ0v) is 18.5. The molecule has 1 aromatic carbocycles. The first kappa shape index (κ1) is 23.8. The number of hydrogen-bond acceptors (Lipinski definition) is 7. The Morgan fingerprint density at radius 3 is 2.58 bits per heavy atom. The molecule has 0 aromatic heterocycles. The maximum Gasteiger partial charge on any atom is 0.508 e. The maximum atomic E-state index is 13.0. The number of fused-ring (bicyclic) bond motifs is 1. The van der Waals surface area contributed by atoms with Crippen molar-refractivity contribution < 1.29 is 33.4 Å². The predicted molar refractivity (Wildman–Crippen MR) is 119 cm³/mol. The van der Waals surface area contributed by atoms with Gasteiger partial charge in [-0.25, -0.2) is 9.59 Å². The number of carbonyl (C=O) groups is 4. The van der Waals surface area contributed by atoms with Crippen LogP contribution in [0.15, 0.2) is 55.3 Å². The first-order valence-corrected chi connectivity index (χ1v) is 10.4. The van der Waals surface area contributed by atoms with Crippen LogP contribution in [0.3, 0.4) is 0 Å². The van der Waals surface area contributed by atoms with E-state index in [1.807, 2.05) is 0 Å². The van der Waals surface area contributed by atoms with Crippen LogP contribution in [-0.2, 0) is 23.8 Å². The molecule has 0 unspecified atom stereocenters. The number of nitrogens with one attached hydrogen (secondary N) is 1. The van der Waals surface area contributed by atoms with Gasteiger partial charge < -0.3 is 24.4 Å². The molecule has 9 nitrogen and oxygen atoms in total. The van der Waals surface area contributed by atoms with Crippen molar-refractivity contribution in [3.8, 4) is 0 Å². The number of β-lactam (4-membered cyclic amide) rings is 1. The summed E-state index contributed by atoms with van der Waals surface area (Å²) in [6.45, 7) is 8.58. The molecular weight excluding hydrogens is 428 g/mol. The summed E-state index contributed by atoms with van der Waals surface area (Å²) >= 11 is 0. The lowest BCUT2D eigenvalue weighted by molar-refractivity contribution is -0.162. The number of rotatable bonds is 9. The lowest BCUT2D eigenvalue weighted by Gasteiger charge is -2.45. The van der Waals surface area contributed by atoms with Gasteiger partial charge in [0.25, 0.3) is 5.91 Å². The van der Waals surface area contributed by atoms with Crippen molar-refractivity contribution in [2.75, 3.05) is 20.3 Å². The number of carbonyl (C=O) groups excluding carboxylic acids is 4. The Morgan fingerprint density at radius 2 is 1.91 bits per heavy atom. The van der Waals surface area contributed by atoms with E-state index in [1.54, 1.807) is 31.2 Å². The third kappa shape index (κ3) is 4.67. The summed E-state index contributed by atoms with van der Waals surface area (Å²) in [6.07, 6.45) is 1.51. The van der Waals surface area contributed by atoms with Gasteiger partial charge in [-0.05, 0) is 36.6 Å². The number of hydrogen-bond donors (Lipinski definition) is 1. The summed E-state index contributed by atoms with van der Waals surface area (Å²) in [5.74, 6) is -1.94. The van der Waals surface area contributed by atoms with E-state index < -0.39 is 30.2 Å². The van der Waals surface area contributed by atoms with Crippen LogP contribution >= 0.6 is 0 Å². The molecule has 1 saturated heterocycles. The summed E-state index contributed by atoms with van der Waals surface area (Å²) in [6, 6.07) is 6.38. The molecule has 3 atom stereocenters. The molecule has 33 heavy (non-hydrogen) atoms. The predicted octanol–water partition coefficient (Wildman–Crippen LogP) is 2.44. The molecule has 0 saturated carbocycles. The third-order valence-corrected chi connectivity index (χ3v) is 5.54. The molecule has 3 rings (SSSR count). The zero-order valence-electron chi connectivity index (χ0n) is 18.5. The minimum atomic E-state index is -0.899. The Morgan fingerprint density at radius 1 is 1.21 bits per heavy atom. The molecule has 2 amide bonds. The highest BCUT2D eigenvalue weighted by atomic mass is 16.7. The van der Waals surface area contributed by atoms with E-state index in [0.29, 0.717) is 23.1 Å². The Labute approximate surface area is 191 Å². The van der Waals surface area contributed by atoms with Crippen molar-refractivity contribution in [3.63, 3.8) is 0 Å². The van der Waals surface area contributed by atoms with Crippen molar-refractivity contribution in [2.24, 2.45) is 5.92 Å². The van der Waals surface area contributed by atoms with Crippen LogP contribution in [0.25, 0.3) is 5.57 Å². The second-order valence-electron chi connectivity index (χ2n) is 7.55. The lowest BCUT2D eigenvalue weighted by atomic mass is 9.82. The number of ether oxygens (including phenoxy) is 3. The van der Waals surface area contributed by atoms with E-state index >= 15 is 0 Å². The highest BCUT2D eigenvalue weighted by Crippen LogP contribution is 2.47. The van der Waals surface area contributed by atoms with Gasteiger partial charge in [-0.15, -0.1) is 0 Å². The Balaban J connectivity index is 1.90. The van der Waals surface area contributed by atoms with Crippen molar-refractivity contribution in [2.45, 2.75) is 25.5 Å². The van der Waals surface area contributed by atoms with Crippen LogP contribution in [0.5, 0.6) is 0 Å². The number of amides is 2. The average Bonchev–Trinajstić information content (AvgIpc) is 3.15. The van der Waals surface area contributed by atoms with Crippen molar-refractivity contribution in [1.29, 1.82) is 0 Å². The highest BCUT2D eigenvalue weighted by Gasteiger charge is 2.58. The number of esters is 1. The second kappa shape index (κ2) is 10.2. The van der Waals surface area contributed by atoms with E-state index in [0.717, 1.165) is 0 Å². The van der Waals surface area contributed by atoms with Gasteiger partial charge in [0, 0.05) is 12.6 Å². The summed E-state index contributed by atoms with van der Waals surface area (Å²) in [7, 11) is 1.53. The fourth-order valence-electron chi connectivity index (χ4n) is 4.08. The van der Waals surface area contributed by atoms with Gasteiger partial charge in [0.2, 0.25) is 5.91 Å². The van der Waals surface area contributed by atoms with Gasteiger partial charge in [-0.1, -0.05) is 37.4 Å². The molecule has 0 spiro atoms. The van der Waals surface area contributed by atoms with Crippen molar-refractivity contribution >= 4 is 29.5 Å². The maximum absolute atomic E-state index is 13.0. The van der Waals surface area contributed by atoms with Crippen LogP contribution in [0.4, 0.5) is 4.79 Å². The molecule has 1 N–H and O–H groups in total. The monoisotopic (exact) mass is 454 g/mol. The van der Waals surface area contributed by atoms with E-state index in [9.17, 15) is 19.2 Å². The first-order chi connectivity index (χ1) is 15.8. The molecule has 9 heteroatoms.